The minimum Gasteiger partial charge on any atom is -0.480 e. The maximum atomic E-state index is 14.3. The van der Waals surface area contributed by atoms with Crippen molar-refractivity contribution in [2.45, 2.75) is 90.5 Å². The second kappa shape index (κ2) is 18.3. The van der Waals surface area contributed by atoms with Crippen LogP contribution in [0.3, 0.4) is 0 Å². The van der Waals surface area contributed by atoms with Crippen LogP contribution in [-0.4, -0.2) is 98.0 Å². The SMILES string of the molecule is CCCC(NC(=O)[C@@H]1[C@H]2CC=C[C@H]2CN1C(=O)[C@@H](NC(=O)[C@@H](NC(=O)c1cnccn1)C(C)C)C(C)C)C(=O)C(=O)N[C@@H](Cc1ccccc1)C(=O)O. The summed E-state index contributed by atoms with van der Waals surface area (Å²) in [5.41, 5.74) is 0.679. The van der Waals surface area contributed by atoms with Crippen LogP contribution in [-0.2, 0) is 35.2 Å². The third-order valence-electron chi connectivity index (χ3n) is 9.62. The van der Waals surface area contributed by atoms with Crippen molar-refractivity contribution in [3.8, 4) is 0 Å². The lowest BCUT2D eigenvalue weighted by atomic mass is 9.92. The number of amides is 5. The fraction of sp³-hybridized carbons (Fsp3) is 0.500. The second-order valence-corrected chi connectivity index (χ2v) is 14.2. The molecule has 15 heteroatoms. The number of carboxylic acid groups (broad SMARTS) is 1. The summed E-state index contributed by atoms with van der Waals surface area (Å²) >= 11 is 0. The van der Waals surface area contributed by atoms with Gasteiger partial charge in [0.05, 0.1) is 12.2 Å². The molecule has 1 saturated heterocycles. The van der Waals surface area contributed by atoms with Crippen molar-refractivity contribution < 1.29 is 38.7 Å². The van der Waals surface area contributed by atoms with E-state index in [1.54, 1.807) is 65.0 Å². The van der Waals surface area contributed by atoms with Gasteiger partial charge in [0.2, 0.25) is 23.5 Å². The van der Waals surface area contributed by atoms with E-state index in [2.05, 4.69) is 31.2 Å². The lowest BCUT2D eigenvalue weighted by Gasteiger charge is -2.33. The first-order chi connectivity index (χ1) is 25.2. The summed E-state index contributed by atoms with van der Waals surface area (Å²) in [5, 5.41) is 20.3. The predicted molar refractivity (Wildman–Crippen MR) is 193 cm³/mol. The van der Waals surface area contributed by atoms with Gasteiger partial charge < -0.3 is 31.3 Å². The van der Waals surface area contributed by atoms with E-state index in [-0.39, 0.29) is 42.8 Å². The Morgan fingerprint density at radius 3 is 2.19 bits per heavy atom. The molecule has 5 amide bonds. The smallest absolute Gasteiger partial charge is 0.326 e. The number of fused-ring (bicyclic) bond motifs is 1. The van der Waals surface area contributed by atoms with Gasteiger partial charge in [0.25, 0.3) is 11.8 Å². The van der Waals surface area contributed by atoms with Crippen molar-refractivity contribution in [3.05, 3.63) is 72.3 Å². The zero-order chi connectivity index (χ0) is 38.8. The van der Waals surface area contributed by atoms with Crippen molar-refractivity contribution in [2.24, 2.45) is 23.7 Å². The van der Waals surface area contributed by atoms with E-state index >= 15 is 0 Å². The zero-order valence-electron chi connectivity index (χ0n) is 30.7. The van der Waals surface area contributed by atoms with E-state index in [1.807, 2.05) is 12.2 Å². The Kier molecular flexibility index (Phi) is 13.9. The Hall–Kier alpha value is -5.47. The Morgan fingerprint density at radius 2 is 1.58 bits per heavy atom. The van der Waals surface area contributed by atoms with Gasteiger partial charge in [-0.1, -0.05) is 83.5 Å². The van der Waals surface area contributed by atoms with E-state index in [1.165, 1.54) is 23.5 Å². The quantitative estimate of drug-likeness (QED) is 0.117. The number of aliphatic carboxylic acids is 1. The molecule has 1 aliphatic heterocycles. The zero-order valence-corrected chi connectivity index (χ0v) is 30.7. The van der Waals surface area contributed by atoms with Crippen LogP contribution in [0.4, 0.5) is 0 Å². The Morgan fingerprint density at radius 1 is 0.887 bits per heavy atom. The fourth-order valence-electron chi connectivity index (χ4n) is 6.78. The Bertz CT molecular complexity index is 1680. The minimum atomic E-state index is -1.38. The maximum Gasteiger partial charge on any atom is 0.326 e. The van der Waals surface area contributed by atoms with Gasteiger partial charge in [0.1, 0.15) is 29.9 Å². The van der Waals surface area contributed by atoms with Gasteiger partial charge in [-0.15, -0.1) is 0 Å². The number of rotatable bonds is 17. The number of carbonyl (C=O) groups excluding carboxylic acids is 6. The number of benzene rings is 1. The number of Topliss-reactive ketones (excluding diaryl/α,β-unsaturated/α-hetero) is 1. The molecule has 5 N–H and O–H groups in total. The third-order valence-corrected chi connectivity index (χ3v) is 9.62. The first-order valence-electron chi connectivity index (χ1n) is 18.0. The van der Waals surface area contributed by atoms with Gasteiger partial charge >= 0.3 is 5.97 Å². The van der Waals surface area contributed by atoms with Crippen molar-refractivity contribution in [1.82, 2.24) is 36.1 Å². The second-order valence-electron chi connectivity index (χ2n) is 14.2. The highest BCUT2D eigenvalue weighted by Crippen LogP contribution is 2.39. The van der Waals surface area contributed by atoms with Crippen LogP contribution < -0.4 is 21.3 Å². The molecule has 0 spiro atoms. The third kappa shape index (κ3) is 10.1. The molecule has 53 heavy (non-hydrogen) atoms. The molecule has 0 radical (unpaired) electrons. The molecular weight excluding hydrogens is 682 g/mol. The summed E-state index contributed by atoms with van der Waals surface area (Å²) in [4.78, 5) is 103. The van der Waals surface area contributed by atoms with Gasteiger partial charge in [0, 0.05) is 31.3 Å². The van der Waals surface area contributed by atoms with Crippen LogP contribution in [0, 0.1) is 23.7 Å². The molecule has 2 aliphatic rings. The van der Waals surface area contributed by atoms with Gasteiger partial charge in [-0.2, -0.15) is 0 Å². The molecule has 15 nitrogen and oxygen atoms in total. The average molecular weight is 732 g/mol. The van der Waals surface area contributed by atoms with E-state index in [9.17, 15) is 38.7 Å². The number of nitrogens with one attached hydrogen (secondary N) is 4. The number of hydrogen-bond donors (Lipinski definition) is 5. The van der Waals surface area contributed by atoms with Crippen molar-refractivity contribution in [2.75, 3.05) is 6.54 Å². The molecule has 284 valence electrons. The molecular formula is C38H49N7O8. The number of hydrogen-bond acceptors (Lipinski definition) is 9. The van der Waals surface area contributed by atoms with Crippen LogP contribution in [0.2, 0.25) is 0 Å². The van der Waals surface area contributed by atoms with Crippen LogP contribution in [0.1, 0.15) is 69.9 Å². The lowest BCUT2D eigenvalue weighted by molar-refractivity contribution is -0.146. The van der Waals surface area contributed by atoms with Gasteiger partial charge in [0.15, 0.2) is 0 Å². The van der Waals surface area contributed by atoms with Crippen molar-refractivity contribution in [3.63, 3.8) is 0 Å². The summed E-state index contributed by atoms with van der Waals surface area (Å²) in [6.45, 7) is 8.99. The van der Waals surface area contributed by atoms with Crippen LogP contribution in [0.25, 0.3) is 0 Å². The van der Waals surface area contributed by atoms with Crippen molar-refractivity contribution >= 4 is 41.3 Å². The number of carboxylic acids is 1. The summed E-state index contributed by atoms with van der Waals surface area (Å²) in [6, 6.07) is 2.92. The standard InChI is InChI=1S/C38H49N7O8/c1-6-11-26(32(46)36(50)42-27(38(52)53)18-23-12-8-7-9-13-23)41-35(49)31-25-15-10-14-24(25)20-45(31)37(51)30(22(4)5)44-34(48)29(21(2)3)43-33(47)28-19-39-16-17-40-28/h7-10,12-14,16-17,19,21-22,24-27,29-31H,6,11,15,18,20H2,1-5H3,(H,41,49)(H,42,50)(H,43,47)(H,44,48)(H,52,53)/t24-,25-,26?,27-,29-,30-,31-/m0/s1. The highest BCUT2D eigenvalue weighted by molar-refractivity contribution is 6.38. The molecule has 0 bridgehead atoms. The summed E-state index contributed by atoms with van der Waals surface area (Å²) in [5.74, 6) is -6.98. The topological polar surface area (TPSA) is 217 Å². The molecule has 1 unspecified atom stereocenters. The largest absolute Gasteiger partial charge is 0.480 e. The Balaban J connectivity index is 1.50. The average Bonchev–Trinajstić information content (AvgIpc) is 3.74. The number of allylic oxidation sites excluding steroid dienone is 1. The van der Waals surface area contributed by atoms with Gasteiger partial charge in [-0.05, 0) is 36.2 Å². The molecule has 1 fully saturated rings. The predicted octanol–water partition coefficient (Wildman–Crippen LogP) is 1.44. The molecule has 1 aromatic heterocycles. The van der Waals surface area contributed by atoms with Crippen LogP contribution >= 0.6 is 0 Å². The van der Waals surface area contributed by atoms with Crippen LogP contribution in [0.15, 0.2) is 61.1 Å². The lowest BCUT2D eigenvalue weighted by Crippen LogP contribution is -2.60. The highest BCUT2D eigenvalue weighted by Gasteiger charge is 2.50. The number of carbonyl (C=O) groups is 7. The van der Waals surface area contributed by atoms with E-state index in [0.717, 1.165) is 0 Å². The molecule has 7 atom stereocenters. The molecule has 2 heterocycles. The monoisotopic (exact) mass is 731 g/mol. The van der Waals surface area contributed by atoms with Crippen LogP contribution in [0.5, 0.6) is 0 Å². The van der Waals surface area contributed by atoms with Gasteiger partial charge in [-0.3, -0.25) is 33.8 Å². The Labute approximate surface area is 308 Å². The number of ketones is 1. The minimum absolute atomic E-state index is 0.0270. The normalized spacial score (nSPS) is 19.8. The molecule has 2 aromatic rings. The first kappa shape index (κ1) is 40.3. The van der Waals surface area contributed by atoms with Gasteiger partial charge in [-0.25, -0.2) is 9.78 Å². The number of aromatic nitrogens is 2. The molecule has 0 saturated carbocycles. The first-order valence-corrected chi connectivity index (χ1v) is 18.0. The summed E-state index contributed by atoms with van der Waals surface area (Å²) in [6.07, 6.45) is 8.91. The molecule has 1 aromatic carbocycles. The number of likely N-dealkylation sites (tertiary alicyclic amines) is 1. The summed E-state index contributed by atoms with van der Waals surface area (Å²) < 4.78 is 0. The van der Waals surface area contributed by atoms with Crippen molar-refractivity contribution in [1.29, 1.82) is 0 Å². The molecule has 1 aliphatic carbocycles. The fourth-order valence-corrected chi connectivity index (χ4v) is 6.78. The van der Waals surface area contributed by atoms with E-state index in [4.69, 9.17) is 0 Å². The molecule has 4 rings (SSSR count). The van der Waals surface area contributed by atoms with E-state index in [0.29, 0.717) is 18.4 Å². The highest BCUT2D eigenvalue weighted by atomic mass is 16.4. The summed E-state index contributed by atoms with van der Waals surface area (Å²) in [7, 11) is 0. The maximum absolute atomic E-state index is 14.3. The van der Waals surface area contributed by atoms with E-state index < -0.39 is 77.4 Å². The number of nitrogens with zero attached hydrogens (tertiary/aromatic N) is 3.